The second-order valence-electron chi connectivity index (χ2n) is 5.43. The fourth-order valence-electron chi connectivity index (χ4n) is 2.32. The highest BCUT2D eigenvalue weighted by Crippen LogP contribution is 2.26. The topological polar surface area (TPSA) is 70.7 Å². The van der Waals surface area contributed by atoms with Crippen molar-refractivity contribution in [2.24, 2.45) is 0 Å². The number of nitrogens with one attached hydrogen (secondary N) is 2. The van der Waals surface area contributed by atoms with Crippen LogP contribution in [0.3, 0.4) is 0 Å². The molecule has 1 heterocycles. The number of halogens is 1. The summed E-state index contributed by atoms with van der Waals surface area (Å²) in [6, 6.07) is 17.6. The first-order valence-electron chi connectivity index (χ1n) is 7.78. The van der Waals surface area contributed by atoms with Crippen LogP contribution in [0.1, 0.15) is 18.5 Å². The van der Waals surface area contributed by atoms with Crippen LogP contribution < -0.4 is 5.32 Å². The monoisotopic (exact) mass is 416 g/mol. The van der Waals surface area contributed by atoms with Crippen LogP contribution in [0, 0.1) is 0 Å². The molecule has 5 nitrogen and oxygen atoms in total. The average molecular weight is 417 g/mol. The number of hydrogen-bond donors (Lipinski definition) is 2. The zero-order valence-corrected chi connectivity index (χ0v) is 16.0. The van der Waals surface area contributed by atoms with E-state index in [1.165, 1.54) is 11.8 Å². The Hall–Kier alpha value is -2.12. The zero-order chi connectivity index (χ0) is 17.6. The minimum absolute atomic E-state index is 0.0303. The number of amides is 1. The maximum Gasteiger partial charge on any atom is 0.230 e. The van der Waals surface area contributed by atoms with Crippen molar-refractivity contribution < 1.29 is 4.79 Å². The summed E-state index contributed by atoms with van der Waals surface area (Å²) in [6.45, 7) is 1.97. The Morgan fingerprint density at radius 3 is 2.68 bits per heavy atom. The Morgan fingerprint density at radius 2 is 1.92 bits per heavy atom. The number of carbonyl (C=O) groups is 1. The van der Waals surface area contributed by atoms with Crippen molar-refractivity contribution in [1.82, 2.24) is 20.5 Å². The maximum absolute atomic E-state index is 12.1. The smallest absolute Gasteiger partial charge is 0.230 e. The summed E-state index contributed by atoms with van der Waals surface area (Å²) >= 11 is 4.80. The standard InChI is InChI=1S/C18H17BrN4OS/c1-12(13-7-3-2-4-8-13)20-16(24)11-25-18-21-17(22-23-18)14-9-5-6-10-15(14)19/h2-10,12H,11H2,1H3,(H,20,24)(H,21,22,23)/t12-/m1/s1. The molecule has 0 spiro atoms. The Bertz CT molecular complexity index is 853. The molecule has 1 aromatic heterocycles. The van der Waals surface area contributed by atoms with Crippen molar-refractivity contribution in [2.75, 3.05) is 5.75 Å². The largest absolute Gasteiger partial charge is 0.349 e. The van der Waals surface area contributed by atoms with Crippen LogP contribution in [0.25, 0.3) is 11.4 Å². The van der Waals surface area contributed by atoms with Gasteiger partial charge in [0.1, 0.15) is 0 Å². The molecule has 25 heavy (non-hydrogen) atoms. The molecule has 2 aromatic carbocycles. The molecule has 7 heteroatoms. The third-order valence-electron chi connectivity index (χ3n) is 3.60. The molecule has 0 aliphatic heterocycles. The van der Waals surface area contributed by atoms with Crippen LogP contribution in [0.5, 0.6) is 0 Å². The van der Waals surface area contributed by atoms with E-state index in [0.29, 0.717) is 11.0 Å². The summed E-state index contributed by atoms with van der Waals surface area (Å²) in [5.74, 6) is 0.895. The van der Waals surface area contributed by atoms with E-state index in [4.69, 9.17) is 0 Å². The van der Waals surface area contributed by atoms with Gasteiger partial charge in [0.25, 0.3) is 0 Å². The van der Waals surface area contributed by atoms with Crippen molar-refractivity contribution in [3.05, 3.63) is 64.6 Å². The van der Waals surface area contributed by atoms with Gasteiger partial charge in [-0.25, -0.2) is 4.98 Å². The number of aromatic nitrogens is 3. The fraction of sp³-hybridized carbons (Fsp3) is 0.167. The lowest BCUT2D eigenvalue weighted by molar-refractivity contribution is -0.119. The van der Waals surface area contributed by atoms with Gasteiger partial charge in [-0.3, -0.25) is 9.89 Å². The van der Waals surface area contributed by atoms with Crippen LogP contribution in [0.15, 0.2) is 64.2 Å². The van der Waals surface area contributed by atoms with Gasteiger partial charge in [0.05, 0.1) is 11.8 Å². The summed E-state index contributed by atoms with van der Waals surface area (Å²) in [5.41, 5.74) is 2.01. The molecule has 1 atom stereocenters. The molecule has 0 aliphatic carbocycles. The van der Waals surface area contributed by atoms with Crippen molar-refractivity contribution in [3.63, 3.8) is 0 Å². The van der Waals surface area contributed by atoms with Gasteiger partial charge in [-0.15, -0.1) is 5.10 Å². The van der Waals surface area contributed by atoms with Gasteiger partial charge in [0.15, 0.2) is 5.82 Å². The highest BCUT2D eigenvalue weighted by atomic mass is 79.9. The van der Waals surface area contributed by atoms with Crippen LogP contribution >= 0.6 is 27.7 Å². The van der Waals surface area contributed by atoms with E-state index < -0.39 is 0 Å². The van der Waals surface area contributed by atoms with Crippen LogP contribution in [-0.4, -0.2) is 26.8 Å². The molecule has 0 aliphatic rings. The number of rotatable bonds is 6. The number of aromatic amines is 1. The summed E-state index contributed by atoms with van der Waals surface area (Å²) in [6.07, 6.45) is 0. The predicted octanol–water partition coefficient (Wildman–Crippen LogP) is 4.20. The molecule has 2 N–H and O–H groups in total. The molecule has 3 aromatic rings. The molecule has 0 bridgehead atoms. The van der Waals surface area contributed by atoms with E-state index in [9.17, 15) is 4.79 Å². The SMILES string of the molecule is C[C@@H](NC(=O)CSc1n[nH]c(-c2ccccc2Br)n1)c1ccccc1. The van der Waals surface area contributed by atoms with Crippen LogP contribution in [-0.2, 0) is 4.79 Å². The first kappa shape index (κ1) is 17.7. The molecular weight excluding hydrogens is 400 g/mol. The second kappa shape index (κ2) is 8.31. The average Bonchev–Trinajstić information content (AvgIpc) is 3.10. The van der Waals surface area contributed by atoms with Gasteiger partial charge in [-0.2, -0.15) is 0 Å². The summed E-state index contributed by atoms with van der Waals surface area (Å²) in [5, 5.41) is 10.6. The fourth-order valence-corrected chi connectivity index (χ4v) is 3.41. The predicted molar refractivity (Wildman–Crippen MR) is 103 cm³/mol. The summed E-state index contributed by atoms with van der Waals surface area (Å²) in [4.78, 5) is 16.6. The van der Waals surface area contributed by atoms with Gasteiger partial charge in [0.2, 0.25) is 11.1 Å². The van der Waals surface area contributed by atoms with E-state index >= 15 is 0 Å². The normalized spacial score (nSPS) is 11.9. The first-order chi connectivity index (χ1) is 12.1. The lowest BCUT2D eigenvalue weighted by Crippen LogP contribution is -2.28. The molecule has 1 amide bonds. The number of nitrogens with zero attached hydrogens (tertiary/aromatic N) is 2. The van der Waals surface area contributed by atoms with Gasteiger partial charge >= 0.3 is 0 Å². The van der Waals surface area contributed by atoms with E-state index in [2.05, 4.69) is 36.4 Å². The molecule has 0 saturated heterocycles. The van der Waals surface area contributed by atoms with Crippen molar-refractivity contribution >= 4 is 33.6 Å². The number of benzene rings is 2. The molecule has 0 unspecified atom stereocenters. The van der Waals surface area contributed by atoms with E-state index in [-0.39, 0.29) is 17.7 Å². The Morgan fingerprint density at radius 1 is 1.20 bits per heavy atom. The second-order valence-corrected chi connectivity index (χ2v) is 7.23. The van der Waals surface area contributed by atoms with Crippen molar-refractivity contribution in [1.29, 1.82) is 0 Å². The molecule has 0 saturated carbocycles. The molecule has 0 radical (unpaired) electrons. The first-order valence-corrected chi connectivity index (χ1v) is 9.56. The Balaban J connectivity index is 1.55. The Labute approximate surface area is 158 Å². The molecule has 0 fully saturated rings. The minimum Gasteiger partial charge on any atom is -0.349 e. The number of hydrogen-bond acceptors (Lipinski definition) is 4. The number of carbonyl (C=O) groups excluding carboxylic acids is 1. The third kappa shape index (κ3) is 4.70. The quantitative estimate of drug-likeness (QED) is 0.590. The van der Waals surface area contributed by atoms with Crippen molar-refractivity contribution in [3.8, 4) is 11.4 Å². The number of H-pyrrole nitrogens is 1. The minimum atomic E-state index is -0.0476. The van der Waals surface area contributed by atoms with E-state index in [1.54, 1.807) is 0 Å². The summed E-state index contributed by atoms with van der Waals surface area (Å²) in [7, 11) is 0. The lowest BCUT2D eigenvalue weighted by Gasteiger charge is -2.13. The third-order valence-corrected chi connectivity index (χ3v) is 5.14. The molecule has 3 rings (SSSR count). The van der Waals surface area contributed by atoms with Crippen LogP contribution in [0.4, 0.5) is 0 Å². The molecular formula is C18H17BrN4OS. The van der Waals surface area contributed by atoms with Gasteiger partial charge in [-0.1, -0.05) is 76.2 Å². The highest BCUT2D eigenvalue weighted by molar-refractivity contribution is 9.10. The van der Waals surface area contributed by atoms with Gasteiger partial charge < -0.3 is 5.32 Å². The lowest BCUT2D eigenvalue weighted by atomic mass is 10.1. The Kier molecular flexibility index (Phi) is 5.88. The van der Waals surface area contributed by atoms with Gasteiger partial charge in [0, 0.05) is 10.0 Å². The number of thioether (sulfide) groups is 1. The highest BCUT2D eigenvalue weighted by Gasteiger charge is 2.13. The molecule has 128 valence electrons. The van der Waals surface area contributed by atoms with Gasteiger partial charge in [-0.05, 0) is 18.6 Å². The van der Waals surface area contributed by atoms with E-state index in [0.717, 1.165) is 15.6 Å². The van der Waals surface area contributed by atoms with Crippen molar-refractivity contribution in [2.45, 2.75) is 18.1 Å². The zero-order valence-electron chi connectivity index (χ0n) is 13.6. The van der Waals surface area contributed by atoms with E-state index in [1.807, 2.05) is 61.5 Å². The van der Waals surface area contributed by atoms with Crippen LogP contribution in [0.2, 0.25) is 0 Å². The maximum atomic E-state index is 12.1. The summed E-state index contributed by atoms with van der Waals surface area (Å²) < 4.78 is 0.942.